The number of Topliss-reactive ketones (excluding diaryl/α,β-unsaturated/α-hetero) is 1. The number of methoxy groups -OCH3 is 1. The van der Waals surface area contributed by atoms with Crippen LogP contribution in [-0.2, 0) is 14.3 Å². The van der Waals surface area contributed by atoms with Gasteiger partial charge in [-0.25, -0.2) is 4.79 Å². The van der Waals surface area contributed by atoms with E-state index in [1.165, 1.54) is 0 Å². The smallest absolute Gasteiger partial charge is 0.336 e. The molecule has 2 aliphatic rings. The molecular formula is C30H34ClNO5. The number of aliphatic imine (C=N–C) groups is 1. The maximum absolute atomic E-state index is 13.8. The van der Waals surface area contributed by atoms with Crippen LogP contribution in [0.25, 0.3) is 0 Å². The lowest BCUT2D eigenvalue weighted by atomic mass is 9.66. The number of allylic oxidation sites excluding steroid dienone is 1. The number of ketones is 1. The second-order valence-electron chi connectivity index (χ2n) is 10.0. The SMILES string of the molecule is CCOc1ccc([C@@H]2C(C(=O)OCC(C)C)=C(C)N=C3C[C@H](c4ccc(Cl)cc4)CC(=O)C32)cc1OC. The van der Waals surface area contributed by atoms with Gasteiger partial charge in [0.2, 0.25) is 0 Å². The minimum atomic E-state index is -0.545. The first-order valence-corrected chi connectivity index (χ1v) is 13.2. The molecule has 1 fully saturated rings. The molecule has 0 radical (unpaired) electrons. The van der Waals surface area contributed by atoms with E-state index in [0.29, 0.717) is 53.8 Å². The fraction of sp³-hybridized carbons (Fsp3) is 0.433. The minimum Gasteiger partial charge on any atom is -0.493 e. The van der Waals surface area contributed by atoms with Crippen LogP contribution in [0.1, 0.15) is 63.5 Å². The number of benzene rings is 2. The van der Waals surface area contributed by atoms with Crippen molar-refractivity contribution in [2.24, 2.45) is 16.8 Å². The van der Waals surface area contributed by atoms with Crippen LogP contribution in [0, 0.1) is 11.8 Å². The molecule has 7 heteroatoms. The number of carbonyl (C=O) groups is 2. The zero-order valence-electron chi connectivity index (χ0n) is 22.0. The maximum Gasteiger partial charge on any atom is 0.336 e. The highest BCUT2D eigenvalue weighted by Crippen LogP contribution is 2.47. The molecule has 0 saturated heterocycles. The highest BCUT2D eigenvalue weighted by atomic mass is 35.5. The average Bonchev–Trinajstić information content (AvgIpc) is 2.87. The van der Waals surface area contributed by atoms with Gasteiger partial charge in [-0.2, -0.15) is 0 Å². The molecule has 196 valence electrons. The summed E-state index contributed by atoms with van der Waals surface area (Å²) in [5.74, 6) is -0.0690. The van der Waals surface area contributed by atoms with Crippen molar-refractivity contribution in [3.63, 3.8) is 0 Å². The van der Waals surface area contributed by atoms with Crippen LogP contribution in [0.5, 0.6) is 11.5 Å². The van der Waals surface area contributed by atoms with Crippen LogP contribution in [0.15, 0.2) is 58.7 Å². The standard InChI is InChI=1S/C30H34ClNO5/c1-6-36-25-12-9-20(15-26(25)35-5)28-27(30(34)37-16-17(2)3)18(4)32-23-13-21(14-24(33)29(23)28)19-7-10-22(31)11-8-19/h7-12,15,17,21,28-29H,6,13-14,16H2,1-5H3/t21-,28+,29?/m0/s1. The third-order valence-corrected chi connectivity index (χ3v) is 7.16. The van der Waals surface area contributed by atoms with Crippen molar-refractivity contribution in [3.8, 4) is 11.5 Å². The zero-order valence-corrected chi connectivity index (χ0v) is 22.8. The normalized spacial score (nSPS) is 21.4. The Hall–Kier alpha value is -3.12. The highest BCUT2D eigenvalue weighted by Gasteiger charge is 2.46. The Bertz CT molecular complexity index is 1230. The number of carbonyl (C=O) groups excluding carboxylic acids is 2. The predicted octanol–water partition coefficient (Wildman–Crippen LogP) is 6.52. The Balaban J connectivity index is 1.78. The van der Waals surface area contributed by atoms with Crippen LogP contribution in [-0.4, -0.2) is 37.8 Å². The van der Waals surface area contributed by atoms with E-state index >= 15 is 0 Å². The van der Waals surface area contributed by atoms with E-state index in [1.807, 2.05) is 70.2 Å². The van der Waals surface area contributed by atoms with Gasteiger partial charge in [0.25, 0.3) is 0 Å². The van der Waals surface area contributed by atoms with Crippen LogP contribution in [0.4, 0.5) is 0 Å². The van der Waals surface area contributed by atoms with E-state index in [0.717, 1.165) is 16.8 Å². The molecule has 1 saturated carbocycles. The summed E-state index contributed by atoms with van der Waals surface area (Å²) in [6.45, 7) is 8.50. The topological polar surface area (TPSA) is 74.2 Å². The molecule has 1 heterocycles. The first-order valence-electron chi connectivity index (χ1n) is 12.8. The van der Waals surface area contributed by atoms with Gasteiger partial charge in [-0.05, 0) is 67.5 Å². The van der Waals surface area contributed by atoms with Gasteiger partial charge in [0, 0.05) is 28.8 Å². The quantitative estimate of drug-likeness (QED) is 0.368. The first-order chi connectivity index (χ1) is 17.7. The lowest BCUT2D eigenvalue weighted by Gasteiger charge is -2.38. The molecule has 0 N–H and O–H groups in total. The number of nitrogens with zero attached hydrogens (tertiary/aromatic N) is 1. The summed E-state index contributed by atoms with van der Waals surface area (Å²) < 4.78 is 17.0. The molecule has 0 bridgehead atoms. The van der Waals surface area contributed by atoms with Gasteiger partial charge in [0.15, 0.2) is 11.5 Å². The summed E-state index contributed by atoms with van der Waals surface area (Å²) in [5, 5.41) is 0.659. The van der Waals surface area contributed by atoms with Crippen molar-refractivity contribution in [1.82, 2.24) is 0 Å². The Morgan fingerprint density at radius 3 is 2.41 bits per heavy atom. The van der Waals surface area contributed by atoms with Crippen LogP contribution < -0.4 is 9.47 Å². The zero-order chi connectivity index (χ0) is 26.7. The van der Waals surface area contributed by atoms with Crippen LogP contribution in [0.2, 0.25) is 5.02 Å². The molecule has 1 unspecified atom stereocenters. The molecule has 0 amide bonds. The maximum atomic E-state index is 13.8. The van der Waals surface area contributed by atoms with E-state index in [1.54, 1.807) is 7.11 Å². The van der Waals surface area contributed by atoms with Crippen LogP contribution >= 0.6 is 11.6 Å². The molecule has 2 aromatic rings. The molecule has 1 aliphatic heterocycles. The van der Waals surface area contributed by atoms with Gasteiger partial charge < -0.3 is 14.2 Å². The Labute approximate surface area is 223 Å². The fourth-order valence-corrected chi connectivity index (χ4v) is 5.37. The van der Waals surface area contributed by atoms with Gasteiger partial charge in [-0.1, -0.05) is 43.6 Å². The fourth-order valence-electron chi connectivity index (χ4n) is 5.24. The Morgan fingerprint density at radius 1 is 1.05 bits per heavy atom. The van der Waals surface area contributed by atoms with Gasteiger partial charge in [0.1, 0.15) is 5.78 Å². The van der Waals surface area contributed by atoms with E-state index in [-0.39, 0.29) is 17.6 Å². The largest absolute Gasteiger partial charge is 0.493 e. The number of esters is 1. The van der Waals surface area contributed by atoms with Crippen molar-refractivity contribution >= 4 is 29.1 Å². The second-order valence-corrected chi connectivity index (χ2v) is 10.5. The van der Waals surface area contributed by atoms with Crippen molar-refractivity contribution in [1.29, 1.82) is 0 Å². The van der Waals surface area contributed by atoms with Gasteiger partial charge in [0.05, 0.1) is 31.8 Å². The number of hydrogen-bond acceptors (Lipinski definition) is 6. The van der Waals surface area contributed by atoms with Gasteiger partial charge >= 0.3 is 5.97 Å². The summed E-state index contributed by atoms with van der Waals surface area (Å²) >= 11 is 6.08. The Morgan fingerprint density at radius 2 is 1.76 bits per heavy atom. The molecule has 0 aromatic heterocycles. The molecule has 2 aromatic carbocycles. The molecular weight excluding hydrogens is 490 g/mol. The molecule has 6 nitrogen and oxygen atoms in total. The van der Waals surface area contributed by atoms with Crippen molar-refractivity contribution in [2.75, 3.05) is 20.3 Å². The minimum absolute atomic E-state index is 0.0116. The monoisotopic (exact) mass is 523 g/mol. The van der Waals surface area contributed by atoms with Crippen molar-refractivity contribution < 1.29 is 23.8 Å². The van der Waals surface area contributed by atoms with Crippen LogP contribution in [0.3, 0.4) is 0 Å². The summed E-state index contributed by atoms with van der Waals surface area (Å²) in [5.41, 5.74) is 3.67. The average molecular weight is 524 g/mol. The van der Waals surface area contributed by atoms with Crippen molar-refractivity contribution in [2.45, 2.75) is 52.4 Å². The van der Waals surface area contributed by atoms with E-state index in [9.17, 15) is 9.59 Å². The van der Waals surface area contributed by atoms with Gasteiger partial charge in [-0.3, -0.25) is 9.79 Å². The summed E-state index contributed by atoms with van der Waals surface area (Å²) in [4.78, 5) is 32.0. The molecule has 4 rings (SSSR count). The summed E-state index contributed by atoms with van der Waals surface area (Å²) in [7, 11) is 1.58. The summed E-state index contributed by atoms with van der Waals surface area (Å²) in [6, 6.07) is 13.2. The van der Waals surface area contributed by atoms with E-state index in [4.69, 9.17) is 30.8 Å². The number of fused-ring (bicyclic) bond motifs is 1. The van der Waals surface area contributed by atoms with Crippen molar-refractivity contribution in [3.05, 3.63) is 69.9 Å². The third kappa shape index (κ3) is 5.74. The number of halogens is 1. The number of hydrogen-bond donors (Lipinski definition) is 0. The molecule has 37 heavy (non-hydrogen) atoms. The molecule has 0 spiro atoms. The lowest BCUT2D eigenvalue weighted by molar-refractivity contribution is -0.140. The first kappa shape index (κ1) is 26.9. The summed E-state index contributed by atoms with van der Waals surface area (Å²) in [6.07, 6.45) is 0.998. The third-order valence-electron chi connectivity index (χ3n) is 6.91. The molecule has 1 aliphatic carbocycles. The number of ether oxygens (including phenoxy) is 3. The van der Waals surface area contributed by atoms with E-state index < -0.39 is 17.8 Å². The number of rotatable bonds is 8. The lowest BCUT2D eigenvalue weighted by Crippen LogP contribution is -2.41. The Kier molecular flexibility index (Phi) is 8.38. The second kappa shape index (κ2) is 11.5. The van der Waals surface area contributed by atoms with Gasteiger partial charge in [-0.15, -0.1) is 0 Å². The van der Waals surface area contributed by atoms with E-state index in [2.05, 4.69) is 0 Å². The highest BCUT2D eigenvalue weighted by molar-refractivity contribution is 6.30. The predicted molar refractivity (Wildman–Crippen MR) is 145 cm³/mol. The molecule has 3 atom stereocenters.